The predicted molar refractivity (Wildman–Crippen MR) is 47.2 cm³/mol. The zero-order chi connectivity index (χ0) is 7.52. The van der Waals surface area contributed by atoms with E-state index in [4.69, 9.17) is 0 Å². The van der Waals surface area contributed by atoms with E-state index in [1.54, 1.807) is 0 Å². The van der Waals surface area contributed by atoms with Crippen LogP contribution in [0.2, 0.25) is 0 Å². The Hall–Kier alpha value is -0.780. The maximum absolute atomic E-state index is 2.39. The Morgan fingerprint density at radius 3 is 2.64 bits per heavy atom. The van der Waals surface area contributed by atoms with Crippen molar-refractivity contribution in [3.8, 4) is 0 Å². The van der Waals surface area contributed by atoms with Gasteiger partial charge in [-0.3, -0.25) is 0 Å². The molecule has 1 atom stereocenters. The van der Waals surface area contributed by atoms with E-state index >= 15 is 0 Å². The molecular formula is C11H13-. The minimum atomic E-state index is 0.940. The Morgan fingerprint density at radius 1 is 1.27 bits per heavy atom. The van der Waals surface area contributed by atoms with E-state index in [9.17, 15) is 0 Å². The summed E-state index contributed by atoms with van der Waals surface area (Å²) in [6.45, 7) is 0. The summed E-state index contributed by atoms with van der Waals surface area (Å²) in [5.41, 5.74) is 1.48. The third-order valence-electron chi connectivity index (χ3n) is 2.22. The molecule has 1 aromatic rings. The normalized spacial score (nSPS) is 21.6. The summed E-state index contributed by atoms with van der Waals surface area (Å²) in [7, 11) is 0. The van der Waals surface area contributed by atoms with Gasteiger partial charge in [-0.15, -0.1) is 0 Å². The van der Waals surface area contributed by atoms with Crippen LogP contribution in [0, 0.1) is 12.3 Å². The molecule has 0 heterocycles. The molecule has 2 rings (SSSR count). The third kappa shape index (κ3) is 2.07. The van der Waals surface area contributed by atoms with E-state index in [0.29, 0.717) is 0 Å². The molecule has 0 aliphatic heterocycles. The summed E-state index contributed by atoms with van der Waals surface area (Å²) >= 11 is 0. The van der Waals surface area contributed by atoms with Crippen LogP contribution >= 0.6 is 0 Å². The third-order valence-corrected chi connectivity index (χ3v) is 2.22. The highest BCUT2D eigenvalue weighted by atomic mass is 14.3. The summed E-state index contributed by atoms with van der Waals surface area (Å²) in [4.78, 5) is 0. The van der Waals surface area contributed by atoms with E-state index < -0.39 is 0 Å². The molecule has 1 saturated carbocycles. The van der Waals surface area contributed by atoms with Gasteiger partial charge in [0.15, 0.2) is 0 Å². The van der Waals surface area contributed by atoms with Crippen LogP contribution in [0.3, 0.4) is 0 Å². The van der Waals surface area contributed by atoms with Gasteiger partial charge in [0.05, 0.1) is 0 Å². The topological polar surface area (TPSA) is 0 Å². The average Bonchev–Trinajstić information content (AvgIpc) is 2.86. The smallest absolute Gasteiger partial charge is 0.0302 e. The highest BCUT2D eigenvalue weighted by Gasteiger charge is 2.06. The van der Waals surface area contributed by atoms with Crippen molar-refractivity contribution < 1.29 is 0 Å². The molecule has 0 N–H and O–H groups in total. The number of hydrogen-bond acceptors (Lipinski definition) is 0. The average molecular weight is 145 g/mol. The number of hydrogen-bond donors (Lipinski definition) is 0. The molecule has 0 radical (unpaired) electrons. The zero-order valence-electron chi connectivity index (χ0n) is 6.66. The van der Waals surface area contributed by atoms with Crippen molar-refractivity contribution >= 4 is 0 Å². The van der Waals surface area contributed by atoms with Crippen LogP contribution in [0.25, 0.3) is 0 Å². The van der Waals surface area contributed by atoms with Crippen molar-refractivity contribution in [2.24, 2.45) is 5.92 Å². The van der Waals surface area contributed by atoms with Gasteiger partial charge in [-0.05, 0) is 12.0 Å². The molecule has 1 aliphatic rings. The first kappa shape index (κ1) is 6.90. The van der Waals surface area contributed by atoms with Crippen LogP contribution in [-0.2, 0) is 6.42 Å². The van der Waals surface area contributed by atoms with Crippen LogP contribution < -0.4 is 0 Å². The summed E-state index contributed by atoms with van der Waals surface area (Å²) in [6, 6.07) is 10.7. The van der Waals surface area contributed by atoms with E-state index in [-0.39, 0.29) is 0 Å². The van der Waals surface area contributed by atoms with E-state index in [1.165, 1.54) is 24.8 Å². The van der Waals surface area contributed by atoms with Gasteiger partial charge in [-0.25, -0.2) is 6.42 Å². The zero-order valence-corrected chi connectivity index (χ0v) is 6.66. The van der Waals surface area contributed by atoms with Crippen LogP contribution in [0.5, 0.6) is 0 Å². The predicted octanol–water partition coefficient (Wildman–Crippen LogP) is 2.84. The summed E-state index contributed by atoms with van der Waals surface area (Å²) in [6.07, 6.45) is 6.35. The van der Waals surface area contributed by atoms with Crippen LogP contribution in [0.1, 0.15) is 18.4 Å². The molecule has 1 fully saturated rings. The van der Waals surface area contributed by atoms with Crippen molar-refractivity contribution in [3.63, 3.8) is 0 Å². The van der Waals surface area contributed by atoms with Crippen LogP contribution in [0.15, 0.2) is 30.3 Å². The largest absolute Gasteiger partial charge is 0.330 e. The first-order valence-corrected chi connectivity index (χ1v) is 4.32. The molecule has 11 heavy (non-hydrogen) atoms. The lowest BCUT2D eigenvalue weighted by Crippen LogP contribution is -1.84. The van der Waals surface area contributed by atoms with Crippen LogP contribution in [-0.4, -0.2) is 0 Å². The molecule has 0 amide bonds. The highest BCUT2D eigenvalue weighted by Crippen LogP contribution is 2.31. The fourth-order valence-corrected chi connectivity index (χ4v) is 1.33. The maximum Gasteiger partial charge on any atom is -0.0302 e. The maximum atomic E-state index is 2.39. The molecule has 0 saturated heterocycles. The monoisotopic (exact) mass is 145 g/mol. The molecule has 0 aromatic heterocycles. The van der Waals surface area contributed by atoms with Crippen molar-refractivity contribution in [3.05, 3.63) is 42.3 Å². The van der Waals surface area contributed by atoms with Crippen molar-refractivity contribution in [1.82, 2.24) is 0 Å². The van der Waals surface area contributed by atoms with E-state index in [2.05, 4.69) is 36.8 Å². The Balaban J connectivity index is 1.85. The van der Waals surface area contributed by atoms with Gasteiger partial charge in [0.2, 0.25) is 0 Å². The van der Waals surface area contributed by atoms with Gasteiger partial charge < -0.3 is 6.42 Å². The molecule has 1 aliphatic carbocycles. The second-order valence-corrected chi connectivity index (χ2v) is 3.26. The summed E-state index contributed by atoms with van der Waals surface area (Å²) in [5, 5.41) is 0. The fourth-order valence-electron chi connectivity index (χ4n) is 1.33. The molecule has 1 aromatic carbocycles. The van der Waals surface area contributed by atoms with Crippen molar-refractivity contribution in [2.75, 3.05) is 0 Å². The quantitative estimate of drug-likeness (QED) is 0.574. The number of benzene rings is 1. The fraction of sp³-hybridized carbons (Fsp3) is 0.364. The Bertz CT molecular complexity index is 209. The molecule has 0 spiro atoms. The van der Waals surface area contributed by atoms with Gasteiger partial charge in [-0.1, -0.05) is 36.8 Å². The lowest BCUT2D eigenvalue weighted by atomic mass is 10.1. The Kier molecular flexibility index (Phi) is 1.93. The minimum absolute atomic E-state index is 0.940. The lowest BCUT2D eigenvalue weighted by Gasteiger charge is -2.01. The van der Waals surface area contributed by atoms with Crippen LogP contribution in [0.4, 0.5) is 0 Å². The van der Waals surface area contributed by atoms with Gasteiger partial charge in [-0.2, -0.15) is 5.92 Å². The lowest BCUT2D eigenvalue weighted by molar-refractivity contribution is 0.746. The van der Waals surface area contributed by atoms with E-state index in [0.717, 1.165) is 5.92 Å². The molecule has 1 unspecified atom stereocenters. The molecule has 0 nitrogen and oxygen atoms in total. The Labute approximate surface area is 68.3 Å². The van der Waals surface area contributed by atoms with Gasteiger partial charge in [0.1, 0.15) is 0 Å². The van der Waals surface area contributed by atoms with Crippen molar-refractivity contribution in [2.45, 2.75) is 19.3 Å². The first-order chi connectivity index (χ1) is 5.45. The highest BCUT2D eigenvalue weighted by molar-refractivity contribution is 5.15. The summed E-state index contributed by atoms with van der Waals surface area (Å²) < 4.78 is 0. The number of aryl methyl sites for hydroxylation is 1. The SMILES string of the molecule is c1ccc(CCC2[CH-]C2)cc1. The summed E-state index contributed by atoms with van der Waals surface area (Å²) in [5.74, 6) is 0.940. The van der Waals surface area contributed by atoms with Gasteiger partial charge >= 0.3 is 0 Å². The standard InChI is InChI=1S/C11H13/c1-2-4-10(5-3-1)6-7-11-8-9-11/h1-5,8,11H,6-7,9H2/q-1. The van der Waals surface area contributed by atoms with Crippen molar-refractivity contribution in [1.29, 1.82) is 0 Å². The first-order valence-electron chi connectivity index (χ1n) is 4.32. The molecule has 0 heteroatoms. The van der Waals surface area contributed by atoms with Gasteiger partial charge in [0.25, 0.3) is 0 Å². The van der Waals surface area contributed by atoms with Gasteiger partial charge in [0, 0.05) is 0 Å². The second-order valence-electron chi connectivity index (χ2n) is 3.26. The Morgan fingerprint density at radius 2 is 2.00 bits per heavy atom. The number of rotatable bonds is 3. The molecule has 58 valence electrons. The second kappa shape index (κ2) is 3.08. The molecule has 0 bridgehead atoms. The van der Waals surface area contributed by atoms with E-state index in [1.807, 2.05) is 0 Å². The minimum Gasteiger partial charge on any atom is -0.330 e. The molecular weight excluding hydrogens is 132 g/mol.